The number of carboxylic acids is 1. The first-order valence-corrected chi connectivity index (χ1v) is 7.56. The van der Waals surface area contributed by atoms with Crippen molar-refractivity contribution in [2.24, 2.45) is 5.92 Å². The summed E-state index contributed by atoms with van der Waals surface area (Å²) >= 11 is 0. The molecule has 2 heterocycles. The first kappa shape index (κ1) is 14.8. The molecule has 0 aromatic carbocycles. The van der Waals surface area contributed by atoms with E-state index in [0.717, 1.165) is 32.4 Å². The molecule has 4 heteroatoms. The number of nitrogens with zero attached hydrogens (tertiary/aromatic N) is 1. The largest absolute Gasteiger partial charge is 0.481 e. The fourth-order valence-corrected chi connectivity index (χ4v) is 3.50. The highest BCUT2D eigenvalue weighted by Gasteiger charge is 2.34. The molecule has 2 atom stereocenters. The third kappa shape index (κ3) is 4.46. The van der Waals surface area contributed by atoms with Crippen LogP contribution in [0.4, 0.5) is 0 Å². The van der Waals surface area contributed by atoms with E-state index in [1.807, 2.05) is 0 Å². The highest BCUT2D eigenvalue weighted by atomic mass is 16.5. The smallest absolute Gasteiger partial charge is 0.303 e. The number of carbonyl (C=O) groups is 1. The second-order valence-corrected chi connectivity index (χ2v) is 6.69. The van der Waals surface area contributed by atoms with Crippen molar-refractivity contribution >= 4 is 5.97 Å². The highest BCUT2D eigenvalue weighted by molar-refractivity contribution is 5.66. The molecule has 2 aliphatic heterocycles. The minimum Gasteiger partial charge on any atom is -0.481 e. The van der Waals surface area contributed by atoms with Gasteiger partial charge in [-0.3, -0.25) is 9.69 Å². The maximum atomic E-state index is 10.7. The van der Waals surface area contributed by atoms with Crippen molar-refractivity contribution in [2.45, 2.75) is 64.0 Å². The second-order valence-electron chi connectivity index (χ2n) is 6.69. The lowest BCUT2D eigenvalue weighted by atomic mass is 9.88. The van der Waals surface area contributed by atoms with Crippen LogP contribution < -0.4 is 0 Å². The van der Waals surface area contributed by atoms with Crippen LogP contribution in [0, 0.1) is 5.92 Å². The average Bonchev–Trinajstić information content (AvgIpc) is 2.35. The van der Waals surface area contributed by atoms with Gasteiger partial charge in [-0.2, -0.15) is 0 Å². The Morgan fingerprint density at radius 3 is 2.89 bits per heavy atom. The zero-order chi connectivity index (χ0) is 13.9. The molecule has 0 bridgehead atoms. The van der Waals surface area contributed by atoms with Gasteiger partial charge in [0.05, 0.1) is 5.60 Å². The van der Waals surface area contributed by atoms with Crippen LogP contribution in [0.2, 0.25) is 0 Å². The zero-order valence-electron chi connectivity index (χ0n) is 12.2. The van der Waals surface area contributed by atoms with Crippen molar-refractivity contribution in [1.82, 2.24) is 4.90 Å². The van der Waals surface area contributed by atoms with E-state index in [1.54, 1.807) is 0 Å². The Morgan fingerprint density at radius 2 is 2.21 bits per heavy atom. The van der Waals surface area contributed by atoms with Crippen LogP contribution in [0.3, 0.4) is 0 Å². The predicted molar refractivity (Wildman–Crippen MR) is 74.2 cm³/mol. The maximum absolute atomic E-state index is 10.7. The van der Waals surface area contributed by atoms with Crippen molar-refractivity contribution in [1.29, 1.82) is 0 Å². The van der Waals surface area contributed by atoms with Crippen LogP contribution in [0.25, 0.3) is 0 Å². The lowest BCUT2D eigenvalue weighted by Crippen LogP contribution is -2.49. The standard InChI is InChI=1S/C15H27NO3/c1-15(2)10-13(7-9-19-15)16-8-3-4-12(11-16)5-6-14(17)18/h12-13H,3-11H2,1-2H3,(H,17,18). The molecule has 2 saturated heterocycles. The van der Waals surface area contributed by atoms with Crippen molar-refractivity contribution < 1.29 is 14.6 Å². The monoisotopic (exact) mass is 269 g/mol. The van der Waals surface area contributed by atoms with Gasteiger partial charge in [0, 0.05) is 25.6 Å². The average molecular weight is 269 g/mol. The molecule has 0 aromatic heterocycles. The number of likely N-dealkylation sites (tertiary alicyclic amines) is 1. The first-order valence-electron chi connectivity index (χ1n) is 7.56. The van der Waals surface area contributed by atoms with E-state index in [9.17, 15) is 4.79 Å². The van der Waals surface area contributed by atoms with Gasteiger partial charge in [-0.1, -0.05) is 0 Å². The normalized spacial score (nSPS) is 32.1. The molecule has 2 aliphatic rings. The zero-order valence-corrected chi connectivity index (χ0v) is 12.2. The van der Waals surface area contributed by atoms with Crippen molar-refractivity contribution in [2.75, 3.05) is 19.7 Å². The molecule has 2 unspecified atom stereocenters. The van der Waals surface area contributed by atoms with Crippen LogP contribution in [0.5, 0.6) is 0 Å². The van der Waals surface area contributed by atoms with Gasteiger partial charge < -0.3 is 9.84 Å². The Labute approximate surface area is 116 Å². The summed E-state index contributed by atoms with van der Waals surface area (Å²) in [5.74, 6) is -0.0971. The number of hydrogen-bond donors (Lipinski definition) is 1. The maximum Gasteiger partial charge on any atom is 0.303 e. The van der Waals surface area contributed by atoms with Gasteiger partial charge in [0.15, 0.2) is 0 Å². The van der Waals surface area contributed by atoms with Crippen LogP contribution >= 0.6 is 0 Å². The van der Waals surface area contributed by atoms with Crippen LogP contribution in [-0.4, -0.2) is 47.3 Å². The molecule has 2 fully saturated rings. The third-order valence-electron chi connectivity index (χ3n) is 4.50. The van der Waals surface area contributed by atoms with E-state index in [2.05, 4.69) is 18.7 Å². The number of aliphatic carboxylic acids is 1. The van der Waals surface area contributed by atoms with Gasteiger partial charge in [0.25, 0.3) is 0 Å². The van der Waals surface area contributed by atoms with Gasteiger partial charge in [0.1, 0.15) is 0 Å². The van der Waals surface area contributed by atoms with E-state index < -0.39 is 5.97 Å². The van der Waals surface area contributed by atoms with Gasteiger partial charge in [-0.05, 0) is 58.4 Å². The van der Waals surface area contributed by atoms with Gasteiger partial charge >= 0.3 is 5.97 Å². The Bertz CT molecular complexity index is 317. The molecule has 0 amide bonds. The van der Waals surface area contributed by atoms with E-state index in [1.165, 1.54) is 19.4 Å². The fourth-order valence-electron chi connectivity index (χ4n) is 3.50. The predicted octanol–water partition coefficient (Wildman–Crippen LogP) is 2.52. The summed E-state index contributed by atoms with van der Waals surface area (Å²) in [6, 6.07) is 0.622. The summed E-state index contributed by atoms with van der Waals surface area (Å²) in [6.07, 6.45) is 5.77. The number of hydrogen-bond acceptors (Lipinski definition) is 3. The lowest BCUT2D eigenvalue weighted by Gasteiger charge is -2.44. The molecule has 19 heavy (non-hydrogen) atoms. The number of ether oxygens (including phenoxy) is 1. The Hall–Kier alpha value is -0.610. The molecule has 0 aliphatic carbocycles. The molecule has 4 nitrogen and oxygen atoms in total. The molecule has 1 N–H and O–H groups in total. The Kier molecular flexibility index (Phi) is 4.85. The highest BCUT2D eigenvalue weighted by Crippen LogP contribution is 2.31. The molecule has 110 valence electrons. The summed E-state index contributed by atoms with van der Waals surface area (Å²) in [7, 11) is 0. The third-order valence-corrected chi connectivity index (χ3v) is 4.50. The van der Waals surface area contributed by atoms with Crippen molar-refractivity contribution in [3.8, 4) is 0 Å². The van der Waals surface area contributed by atoms with Crippen molar-refractivity contribution in [3.63, 3.8) is 0 Å². The Morgan fingerprint density at radius 1 is 1.42 bits per heavy atom. The van der Waals surface area contributed by atoms with E-state index in [-0.39, 0.29) is 5.60 Å². The topological polar surface area (TPSA) is 49.8 Å². The van der Waals surface area contributed by atoms with Crippen LogP contribution in [-0.2, 0) is 9.53 Å². The van der Waals surface area contributed by atoms with Gasteiger partial charge in [-0.15, -0.1) is 0 Å². The molecule has 0 aromatic rings. The number of piperidine rings is 1. The quantitative estimate of drug-likeness (QED) is 0.852. The summed E-state index contributed by atoms with van der Waals surface area (Å²) < 4.78 is 5.79. The summed E-state index contributed by atoms with van der Waals surface area (Å²) in [6.45, 7) is 7.45. The molecular weight excluding hydrogens is 242 g/mol. The lowest BCUT2D eigenvalue weighted by molar-refractivity contribution is -0.137. The van der Waals surface area contributed by atoms with E-state index in [4.69, 9.17) is 9.84 Å². The van der Waals surface area contributed by atoms with Crippen LogP contribution in [0.1, 0.15) is 52.4 Å². The van der Waals surface area contributed by atoms with E-state index >= 15 is 0 Å². The van der Waals surface area contributed by atoms with Crippen LogP contribution in [0.15, 0.2) is 0 Å². The minimum atomic E-state index is -0.663. The van der Waals surface area contributed by atoms with Gasteiger partial charge in [-0.25, -0.2) is 0 Å². The molecule has 0 spiro atoms. The summed E-state index contributed by atoms with van der Waals surface area (Å²) in [4.78, 5) is 13.3. The summed E-state index contributed by atoms with van der Waals surface area (Å²) in [5, 5.41) is 8.80. The SMILES string of the molecule is CC1(C)CC(N2CCCC(CCC(=O)O)C2)CCO1. The second kappa shape index (κ2) is 6.23. The Balaban J connectivity index is 1.84. The number of rotatable bonds is 4. The minimum absolute atomic E-state index is 0.00305. The first-order chi connectivity index (χ1) is 8.96. The van der Waals surface area contributed by atoms with Crippen molar-refractivity contribution in [3.05, 3.63) is 0 Å². The summed E-state index contributed by atoms with van der Waals surface area (Å²) in [5.41, 5.74) is -0.00305. The fraction of sp³-hybridized carbons (Fsp3) is 0.933. The van der Waals surface area contributed by atoms with E-state index in [0.29, 0.717) is 18.4 Å². The molecular formula is C15H27NO3. The number of carboxylic acid groups (broad SMARTS) is 1. The molecule has 2 rings (SSSR count). The molecule has 0 radical (unpaired) electrons. The molecule has 0 saturated carbocycles. The van der Waals surface area contributed by atoms with Gasteiger partial charge in [0.2, 0.25) is 0 Å².